The molecular formula is C10H11N3O3. The van der Waals surface area contributed by atoms with E-state index in [1.54, 1.807) is 13.8 Å². The number of hydrogen-bond acceptors (Lipinski definition) is 5. The van der Waals surface area contributed by atoms with Gasteiger partial charge < -0.3 is 4.74 Å². The fraction of sp³-hybridized carbons (Fsp3) is 0.400. The van der Waals surface area contributed by atoms with Crippen LogP contribution < -0.4 is 16.1 Å². The van der Waals surface area contributed by atoms with E-state index in [1.165, 1.54) is 6.20 Å². The maximum absolute atomic E-state index is 11.6. The largest absolute Gasteiger partial charge is 0.464 e. The van der Waals surface area contributed by atoms with Crippen molar-refractivity contribution in [2.45, 2.75) is 19.9 Å². The van der Waals surface area contributed by atoms with E-state index in [1.807, 2.05) is 0 Å². The van der Waals surface area contributed by atoms with Crippen LogP contribution in [-0.4, -0.2) is 28.8 Å². The summed E-state index contributed by atoms with van der Waals surface area (Å²) in [6.45, 7) is 3.72. The molecule has 0 radical (unpaired) electrons. The molecule has 16 heavy (non-hydrogen) atoms. The van der Waals surface area contributed by atoms with Gasteiger partial charge in [-0.15, -0.1) is 0 Å². The maximum Gasteiger partial charge on any atom is 0.335 e. The second-order valence-corrected chi connectivity index (χ2v) is 3.43. The second-order valence-electron chi connectivity index (χ2n) is 3.43. The number of esters is 1. The first-order chi connectivity index (χ1) is 7.65. The van der Waals surface area contributed by atoms with Crippen LogP contribution in [0.15, 0.2) is 16.0 Å². The molecule has 0 saturated carbocycles. The van der Waals surface area contributed by atoms with Crippen LogP contribution in [0, 0.1) is 0 Å². The van der Waals surface area contributed by atoms with Crippen LogP contribution >= 0.6 is 0 Å². The second kappa shape index (κ2) is 3.88. The van der Waals surface area contributed by atoms with Crippen molar-refractivity contribution in [1.82, 2.24) is 10.2 Å². The zero-order chi connectivity index (χ0) is 11.7. The zero-order valence-electron chi connectivity index (χ0n) is 8.98. The molecule has 2 rings (SSSR count). The topological polar surface area (TPSA) is 84.4 Å². The van der Waals surface area contributed by atoms with Gasteiger partial charge in [-0.1, -0.05) is 0 Å². The van der Waals surface area contributed by atoms with Crippen molar-refractivity contribution in [3.05, 3.63) is 27.1 Å². The lowest BCUT2D eigenvalue weighted by Crippen LogP contribution is -2.40. The average molecular weight is 221 g/mol. The van der Waals surface area contributed by atoms with Crippen LogP contribution in [-0.2, 0) is 9.53 Å². The van der Waals surface area contributed by atoms with Crippen molar-refractivity contribution in [1.29, 1.82) is 0 Å². The molecule has 1 aliphatic heterocycles. The lowest BCUT2D eigenvalue weighted by atomic mass is 10.1. The van der Waals surface area contributed by atoms with Gasteiger partial charge in [0.15, 0.2) is 6.04 Å². The zero-order valence-corrected chi connectivity index (χ0v) is 8.98. The Hall–Kier alpha value is -1.98. The summed E-state index contributed by atoms with van der Waals surface area (Å²) >= 11 is 0. The molecule has 0 aliphatic carbocycles. The molecule has 1 aromatic rings. The number of carbonyl (C=O) groups is 1. The maximum atomic E-state index is 11.6. The Morgan fingerprint density at radius 1 is 1.62 bits per heavy atom. The van der Waals surface area contributed by atoms with Crippen molar-refractivity contribution in [2.75, 3.05) is 6.61 Å². The van der Waals surface area contributed by atoms with Crippen LogP contribution in [0.5, 0.6) is 0 Å². The lowest BCUT2D eigenvalue weighted by molar-refractivity contribution is -0.143. The van der Waals surface area contributed by atoms with E-state index < -0.39 is 12.0 Å². The van der Waals surface area contributed by atoms with Crippen LogP contribution in [0.4, 0.5) is 0 Å². The summed E-state index contributed by atoms with van der Waals surface area (Å²) in [5, 5.41) is 6.82. The number of fused-ring (bicyclic) bond motifs is 1. The first-order valence-corrected chi connectivity index (χ1v) is 4.94. The minimum Gasteiger partial charge on any atom is -0.464 e. The van der Waals surface area contributed by atoms with Crippen LogP contribution in [0.3, 0.4) is 0 Å². The lowest BCUT2D eigenvalue weighted by Gasteiger charge is -2.07. The van der Waals surface area contributed by atoms with Crippen molar-refractivity contribution < 1.29 is 9.53 Å². The first-order valence-electron chi connectivity index (χ1n) is 4.94. The molecular weight excluding hydrogens is 210 g/mol. The molecule has 6 nitrogen and oxygen atoms in total. The molecule has 0 amide bonds. The van der Waals surface area contributed by atoms with Gasteiger partial charge in [-0.3, -0.25) is 9.79 Å². The van der Waals surface area contributed by atoms with Gasteiger partial charge in [-0.25, -0.2) is 9.89 Å². The molecule has 84 valence electrons. The molecule has 0 aromatic carbocycles. The fourth-order valence-electron chi connectivity index (χ4n) is 1.69. The Balaban J connectivity index is 2.57. The van der Waals surface area contributed by atoms with Gasteiger partial charge in [-0.2, -0.15) is 5.10 Å². The van der Waals surface area contributed by atoms with Crippen molar-refractivity contribution in [3.63, 3.8) is 0 Å². The van der Waals surface area contributed by atoms with Crippen LogP contribution in [0.25, 0.3) is 5.57 Å². The molecule has 0 fully saturated rings. The van der Waals surface area contributed by atoms with Gasteiger partial charge in [0.05, 0.1) is 23.4 Å². The SMILES string of the molecule is CCOC(=O)C1N=c2cn[nH]c(=O)c2=C1C. The summed E-state index contributed by atoms with van der Waals surface area (Å²) in [6, 6.07) is -0.708. The first kappa shape index (κ1) is 10.5. The number of ether oxygens (including phenoxy) is 1. The molecule has 2 heterocycles. The van der Waals surface area contributed by atoms with Crippen LogP contribution in [0.1, 0.15) is 13.8 Å². The predicted octanol–water partition coefficient (Wildman–Crippen LogP) is -1.49. The van der Waals surface area contributed by atoms with Crippen molar-refractivity contribution >= 4 is 11.5 Å². The molecule has 1 unspecified atom stereocenters. The van der Waals surface area contributed by atoms with Gasteiger partial charge in [0, 0.05) is 0 Å². The van der Waals surface area contributed by atoms with E-state index >= 15 is 0 Å². The fourth-order valence-corrected chi connectivity index (χ4v) is 1.69. The van der Waals surface area contributed by atoms with Crippen molar-refractivity contribution in [3.8, 4) is 0 Å². The number of rotatable bonds is 2. The summed E-state index contributed by atoms with van der Waals surface area (Å²) < 4.78 is 4.88. The molecule has 1 N–H and O–H groups in total. The number of aromatic nitrogens is 2. The smallest absolute Gasteiger partial charge is 0.335 e. The highest BCUT2D eigenvalue weighted by molar-refractivity contribution is 5.87. The van der Waals surface area contributed by atoms with Gasteiger partial charge >= 0.3 is 5.97 Å². The summed E-state index contributed by atoms with van der Waals surface area (Å²) in [4.78, 5) is 27.2. The molecule has 0 bridgehead atoms. The quantitative estimate of drug-likeness (QED) is 0.616. The molecule has 1 aromatic heterocycles. The standard InChI is InChI=1S/C10H11N3O3/c1-3-16-10(15)8-5(2)7-6(12-8)4-11-13-9(7)14/h4,8H,3H2,1-2H3,(H,13,14). The third-order valence-corrected chi connectivity index (χ3v) is 2.42. The minimum atomic E-state index is -0.708. The minimum absolute atomic E-state index is 0.295. The Labute approximate surface area is 90.7 Å². The van der Waals surface area contributed by atoms with Crippen LogP contribution in [0.2, 0.25) is 0 Å². The van der Waals surface area contributed by atoms with Gasteiger partial charge in [-0.05, 0) is 19.4 Å². The van der Waals surface area contributed by atoms with E-state index in [0.29, 0.717) is 22.8 Å². The van der Waals surface area contributed by atoms with E-state index in [0.717, 1.165) is 0 Å². The van der Waals surface area contributed by atoms with Gasteiger partial charge in [0.2, 0.25) is 0 Å². The normalized spacial score (nSPS) is 17.9. The number of H-pyrrole nitrogens is 1. The summed E-state index contributed by atoms with van der Waals surface area (Å²) in [7, 11) is 0. The molecule has 6 heteroatoms. The highest BCUT2D eigenvalue weighted by atomic mass is 16.5. The highest BCUT2D eigenvalue weighted by Gasteiger charge is 2.26. The van der Waals surface area contributed by atoms with E-state index in [9.17, 15) is 9.59 Å². The summed E-state index contributed by atoms with van der Waals surface area (Å²) in [6.07, 6.45) is 1.43. The monoisotopic (exact) mass is 221 g/mol. The number of hydrogen-bond donors (Lipinski definition) is 1. The molecule has 1 aliphatic rings. The molecule has 0 saturated heterocycles. The average Bonchev–Trinajstić information content (AvgIpc) is 2.58. The number of carbonyl (C=O) groups excluding carboxylic acids is 1. The van der Waals surface area contributed by atoms with Gasteiger partial charge in [0.25, 0.3) is 5.56 Å². The Morgan fingerprint density at radius 2 is 2.38 bits per heavy atom. The summed E-state index contributed by atoms with van der Waals surface area (Å²) in [5.74, 6) is -0.435. The Kier molecular flexibility index (Phi) is 2.55. The summed E-state index contributed by atoms with van der Waals surface area (Å²) in [5.41, 5.74) is 0.280. The third kappa shape index (κ3) is 1.52. The Bertz CT molecular complexity index is 602. The van der Waals surface area contributed by atoms with Crippen molar-refractivity contribution in [2.24, 2.45) is 4.99 Å². The molecule has 1 atom stereocenters. The van der Waals surface area contributed by atoms with E-state index in [2.05, 4.69) is 15.2 Å². The molecule has 0 spiro atoms. The van der Waals surface area contributed by atoms with E-state index in [-0.39, 0.29) is 5.56 Å². The third-order valence-electron chi connectivity index (χ3n) is 2.42. The van der Waals surface area contributed by atoms with Gasteiger partial charge in [0.1, 0.15) is 0 Å². The predicted molar refractivity (Wildman–Crippen MR) is 55.1 cm³/mol. The Morgan fingerprint density at radius 3 is 3.00 bits per heavy atom. The number of nitrogens with one attached hydrogen (secondary N) is 1. The number of aromatic amines is 1. The van der Waals surface area contributed by atoms with E-state index in [4.69, 9.17) is 4.74 Å². The highest BCUT2D eigenvalue weighted by Crippen LogP contribution is 2.08. The number of nitrogens with zero attached hydrogens (tertiary/aromatic N) is 2.